The molecule has 0 N–H and O–H groups in total. The first-order valence-corrected chi connectivity index (χ1v) is 2.45. The van der Waals surface area contributed by atoms with E-state index in [0.717, 1.165) is 6.29 Å². The van der Waals surface area contributed by atoms with E-state index >= 15 is 0 Å². The van der Waals surface area contributed by atoms with Gasteiger partial charge in [0, 0.05) is 11.8 Å². The van der Waals surface area contributed by atoms with Crippen LogP contribution < -0.4 is 0 Å². The van der Waals surface area contributed by atoms with Crippen molar-refractivity contribution in [1.29, 1.82) is 0 Å². The van der Waals surface area contributed by atoms with Crippen molar-refractivity contribution in [2.45, 2.75) is 20.3 Å². The Balaban J connectivity index is 3.70. The van der Waals surface area contributed by atoms with Crippen LogP contribution in [-0.4, -0.2) is 12.6 Å². The Bertz CT molecular complexity index is 94.7. The van der Waals surface area contributed by atoms with Gasteiger partial charge in [0.1, 0.15) is 6.29 Å². The summed E-state index contributed by atoms with van der Waals surface area (Å²) in [7, 11) is 0. The molecule has 2 heteroatoms. The second-order valence-electron chi connectivity index (χ2n) is 2.36. The Morgan fingerprint density at radius 1 is 1.62 bits per heavy atom. The summed E-state index contributed by atoms with van der Waals surface area (Å²) in [6, 6.07) is 0. The van der Waals surface area contributed by atoms with E-state index in [9.17, 15) is 9.59 Å². The molecule has 0 amide bonds. The van der Waals surface area contributed by atoms with Crippen molar-refractivity contribution in [1.82, 2.24) is 0 Å². The Kier molecular flexibility index (Phi) is 2.38. The van der Waals surface area contributed by atoms with E-state index in [0.29, 0.717) is 0 Å². The molecule has 0 heterocycles. The molecule has 0 aromatic carbocycles. The van der Waals surface area contributed by atoms with Gasteiger partial charge in [0.15, 0.2) is 0 Å². The standard InChI is InChI=1S/C6H9O2/c1-6(2,5-8)3-4-7/h4H,3H2,1-2H3. The zero-order chi connectivity index (χ0) is 6.62. The van der Waals surface area contributed by atoms with Gasteiger partial charge in [-0.25, -0.2) is 0 Å². The molecule has 0 rings (SSSR count). The van der Waals surface area contributed by atoms with Crippen molar-refractivity contribution >= 4 is 12.6 Å². The van der Waals surface area contributed by atoms with Gasteiger partial charge in [-0.1, -0.05) is 13.8 Å². The van der Waals surface area contributed by atoms with Crippen LogP contribution >= 0.6 is 0 Å². The van der Waals surface area contributed by atoms with Crippen LogP contribution in [0.25, 0.3) is 0 Å². The molecule has 0 aliphatic carbocycles. The second-order valence-corrected chi connectivity index (χ2v) is 2.36. The number of rotatable bonds is 3. The molecule has 0 aromatic heterocycles. The van der Waals surface area contributed by atoms with Gasteiger partial charge in [-0.3, -0.25) is 4.79 Å². The van der Waals surface area contributed by atoms with Gasteiger partial charge in [0.25, 0.3) is 0 Å². The maximum absolute atomic E-state index is 9.93. The summed E-state index contributed by atoms with van der Waals surface area (Å²) in [6.07, 6.45) is 2.75. The maximum Gasteiger partial charge on any atom is 0.204 e. The predicted molar refractivity (Wildman–Crippen MR) is 30.2 cm³/mol. The number of hydrogen-bond donors (Lipinski definition) is 0. The van der Waals surface area contributed by atoms with Gasteiger partial charge in [0.05, 0.1) is 0 Å². The Morgan fingerprint density at radius 3 is 2.25 bits per heavy atom. The van der Waals surface area contributed by atoms with Crippen molar-refractivity contribution in [3.8, 4) is 0 Å². The van der Waals surface area contributed by atoms with E-state index in [2.05, 4.69) is 0 Å². The summed E-state index contributed by atoms with van der Waals surface area (Å²) in [5.41, 5.74) is -0.582. The molecule has 0 spiro atoms. The molecule has 0 unspecified atom stereocenters. The molecule has 0 atom stereocenters. The summed E-state index contributed by atoms with van der Waals surface area (Å²) < 4.78 is 0. The van der Waals surface area contributed by atoms with E-state index < -0.39 is 5.41 Å². The van der Waals surface area contributed by atoms with Crippen molar-refractivity contribution in [3.05, 3.63) is 0 Å². The zero-order valence-corrected chi connectivity index (χ0v) is 5.10. The average Bonchev–Trinajstić information content (AvgIpc) is 1.67. The smallest absolute Gasteiger partial charge is 0.204 e. The first-order valence-electron chi connectivity index (χ1n) is 2.45. The summed E-state index contributed by atoms with van der Waals surface area (Å²) in [5, 5.41) is 0. The van der Waals surface area contributed by atoms with Crippen LogP contribution in [0.15, 0.2) is 0 Å². The van der Waals surface area contributed by atoms with E-state index in [1.165, 1.54) is 0 Å². The molecule has 0 bridgehead atoms. The number of carbonyl (C=O) groups is 1. The van der Waals surface area contributed by atoms with Gasteiger partial charge in [-0.2, -0.15) is 0 Å². The molecule has 2 nitrogen and oxygen atoms in total. The quantitative estimate of drug-likeness (QED) is 0.505. The fraction of sp³-hybridized carbons (Fsp3) is 0.667. The minimum Gasteiger partial charge on any atom is -0.303 e. The fourth-order valence-corrected chi connectivity index (χ4v) is 0.250. The highest BCUT2D eigenvalue weighted by Crippen LogP contribution is 2.13. The number of aldehydes is 1. The highest BCUT2D eigenvalue weighted by molar-refractivity contribution is 5.65. The SMILES string of the molecule is CC(C)([C]=O)CC=O. The van der Waals surface area contributed by atoms with Crippen molar-refractivity contribution in [2.24, 2.45) is 5.41 Å². The minimum absolute atomic E-state index is 0.260. The van der Waals surface area contributed by atoms with Crippen molar-refractivity contribution in [2.75, 3.05) is 0 Å². The van der Waals surface area contributed by atoms with Crippen LogP contribution in [0.2, 0.25) is 0 Å². The molecule has 0 fully saturated rings. The lowest BCUT2D eigenvalue weighted by Gasteiger charge is -2.08. The van der Waals surface area contributed by atoms with Crippen LogP contribution in [0, 0.1) is 5.41 Å². The monoisotopic (exact) mass is 113 g/mol. The average molecular weight is 113 g/mol. The first-order chi connectivity index (χ1) is 3.62. The summed E-state index contributed by atoms with van der Waals surface area (Å²) in [5.74, 6) is 0. The first kappa shape index (κ1) is 7.34. The molecule has 45 valence electrons. The fourth-order valence-electron chi connectivity index (χ4n) is 0.250. The van der Waals surface area contributed by atoms with Gasteiger partial charge in [-0.15, -0.1) is 0 Å². The summed E-state index contributed by atoms with van der Waals surface area (Å²) in [6.45, 7) is 3.35. The molecular weight excluding hydrogens is 104 g/mol. The Hall–Kier alpha value is -0.660. The molecule has 0 aliphatic rings. The predicted octanol–water partition coefficient (Wildman–Crippen LogP) is 0.711. The third kappa shape index (κ3) is 2.50. The highest BCUT2D eigenvalue weighted by atomic mass is 16.1. The third-order valence-electron chi connectivity index (χ3n) is 0.870. The van der Waals surface area contributed by atoms with Gasteiger partial charge < -0.3 is 4.79 Å². The largest absolute Gasteiger partial charge is 0.303 e. The van der Waals surface area contributed by atoms with Crippen LogP contribution in [-0.2, 0) is 9.59 Å². The Morgan fingerprint density at radius 2 is 2.12 bits per heavy atom. The number of carbonyl (C=O) groups excluding carboxylic acids is 2. The van der Waals surface area contributed by atoms with E-state index in [4.69, 9.17) is 0 Å². The lowest BCUT2D eigenvalue weighted by Crippen LogP contribution is -2.12. The third-order valence-corrected chi connectivity index (χ3v) is 0.870. The summed E-state index contributed by atoms with van der Waals surface area (Å²) >= 11 is 0. The van der Waals surface area contributed by atoms with Gasteiger partial charge >= 0.3 is 0 Å². The van der Waals surface area contributed by atoms with Crippen molar-refractivity contribution in [3.63, 3.8) is 0 Å². The highest BCUT2D eigenvalue weighted by Gasteiger charge is 2.15. The lowest BCUT2D eigenvalue weighted by atomic mass is 9.93. The molecular formula is C6H9O2. The Labute approximate surface area is 48.9 Å². The molecule has 8 heavy (non-hydrogen) atoms. The molecule has 0 aliphatic heterocycles. The zero-order valence-electron chi connectivity index (χ0n) is 5.10. The van der Waals surface area contributed by atoms with Crippen LogP contribution in [0.1, 0.15) is 20.3 Å². The minimum atomic E-state index is -0.582. The van der Waals surface area contributed by atoms with Crippen molar-refractivity contribution < 1.29 is 9.59 Å². The topological polar surface area (TPSA) is 34.1 Å². The van der Waals surface area contributed by atoms with Crippen LogP contribution in [0.3, 0.4) is 0 Å². The van der Waals surface area contributed by atoms with E-state index in [1.54, 1.807) is 20.1 Å². The maximum atomic E-state index is 9.93. The molecule has 0 saturated heterocycles. The lowest BCUT2D eigenvalue weighted by molar-refractivity contribution is -0.108. The normalized spacial score (nSPS) is 10.8. The van der Waals surface area contributed by atoms with E-state index in [1.807, 2.05) is 0 Å². The van der Waals surface area contributed by atoms with Gasteiger partial charge in [0.2, 0.25) is 6.29 Å². The molecule has 0 aromatic rings. The van der Waals surface area contributed by atoms with Crippen LogP contribution in [0.4, 0.5) is 0 Å². The summed E-state index contributed by atoms with van der Waals surface area (Å²) in [4.78, 5) is 19.7. The second kappa shape index (κ2) is 2.60. The van der Waals surface area contributed by atoms with Crippen LogP contribution in [0.5, 0.6) is 0 Å². The molecule has 0 saturated carbocycles. The number of hydrogen-bond acceptors (Lipinski definition) is 2. The van der Waals surface area contributed by atoms with Gasteiger partial charge in [-0.05, 0) is 0 Å². The molecule has 1 radical (unpaired) electrons. The van der Waals surface area contributed by atoms with E-state index in [-0.39, 0.29) is 6.42 Å².